The molecule has 0 amide bonds. The molecule has 0 spiro atoms. The molecule has 0 bridgehead atoms. The highest BCUT2D eigenvalue weighted by Crippen LogP contribution is 2.11. The highest BCUT2D eigenvalue weighted by atomic mass is 32.1. The normalized spacial score (nSPS) is 10.6. The molecule has 2 aromatic rings. The molecule has 0 saturated carbocycles. The zero-order chi connectivity index (χ0) is 11.5. The van der Waals surface area contributed by atoms with Crippen LogP contribution in [0.5, 0.6) is 0 Å². The molecular weight excluding hydrogens is 222 g/mol. The minimum absolute atomic E-state index is 0.0738. The van der Waals surface area contributed by atoms with Crippen molar-refractivity contribution in [3.63, 3.8) is 0 Å². The van der Waals surface area contributed by atoms with Crippen LogP contribution in [0.15, 0.2) is 17.6 Å². The zero-order valence-electron chi connectivity index (χ0n) is 9.30. The molecule has 0 N–H and O–H groups in total. The summed E-state index contributed by atoms with van der Waals surface area (Å²) in [7, 11) is 0. The average Bonchev–Trinajstić information content (AvgIpc) is 2.86. The minimum atomic E-state index is 0.0738. The van der Waals surface area contributed by atoms with Crippen LogP contribution in [0.2, 0.25) is 0 Å². The Morgan fingerprint density at radius 1 is 1.56 bits per heavy atom. The average molecular weight is 235 g/mol. The largest absolute Gasteiger partial charge is 0.292 e. The molecule has 0 aromatic carbocycles. The maximum absolute atomic E-state index is 12.0. The Hall–Kier alpha value is -1.49. The van der Waals surface area contributed by atoms with Gasteiger partial charge in [0.1, 0.15) is 5.69 Å². The Labute approximate surface area is 97.9 Å². The lowest BCUT2D eigenvalue weighted by Crippen LogP contribution is -2.11. The van der Waals surface area contributed by atoms with Crippen molar-refractivity contribution in [2.75, 3.05) is 0 Å². The molecule has 0 saturated heterocycles. The number of rotatable bonds is 4. The van der Waals surface area contributed by atoms with Gasteiger partial charge in [-0.1, -0.05) is 0 Å². The van der Waals surface area contributed by atoms with Crippen LogP contribution in [0.1, 0.15) is 28.1 Å². The van der Waals surface area contributed by atoms with Crippen molar-refractivity contribution in [3.8, 4) is 0 Å². The highest BCUT2D eigenvalue weighted by Gasteiger charge is 2.13. The van der Waals surface area contributed by atoms with E-state index in [-0.39, 0.29) is 5.78 Å². The number of carbonyl (C=O) groups excluding carboxylic acids is 1. The Kier molecular flexibility index (Phi) is 3.14. The summed E-state index contributed by atoms with van der Waals surface area (Å²) >= 11 is 1.57. The van der Waals surface area contributed by atoms with Gasteiger partial charge in [0.2, 0.25) is 0 Å². The maximum atomic E-state index is 12.0. The molecule has 0 radical (unpaired) electrons. The van der Waals surface area contributed by atoms with Gasteiger partial charge in [0.25, 0.3) is 0 Å². The number of ketones is 1. The summed E-state index contributed by atoms with van der Waals surface area (Å²) < 4.78 is 1.71. The molecule has 0 aliphatic rings. The van der Waals surface area contributed by atoms with Gasteiger partial charge in [-0.15, -0.1) is 11.3 Å². The van der Waals surface area contributed by atoms with E-state index < -0.39 is 0 Å². The predicted molar refractivity (Wildman–Crippen MR) is 62.8 cm³/mol. The van der Waals surface area contributed by atoms with Crippen molar-refractivity contribution in [2.45, 2.75) is 26.8 Å². The van der Waals surface area contributed by atoms with Gasteiger partial charge < -0.3 is 0 Å². The van der Waals surface area contributed by atoms with Gasteiger partial charge in [0.15, 0.2) is 5.78 Å². The molecule has 2 aromatic heterocycles. The number of nitrogens with zero attached hydrogens (tertiary/aromatic N) is 3. The molecule has 0 fully saturated rings. The summed E-state index contributed by atoms with van der Waals surface area (Å²) in [5.74, 6) is 0.0738. The maximum Gasteiger partial charge on any atom is 0.186 e. The van der Waals surface area contributed by atoms with Crippen LogP contribution in [0.4, 0.5) is 0 Å². The Morgan fingerprint density at radius 2 is 2.38 bits per heavy atom. The van der Waals surface area contributed by atoms with Crippen LogP contribution < -0.4 is 0 Å². The molecule has 2 heterocycles. The van der Waals surface area contributed by atoms with E-state index in [4.69, 9.17) is 0 Å². The fourth-order valence-corrected chi connectivity index (χ4v) is 2.18. The van der Waals surface area contributed by atoms with E-state index in [1.54, 1.807) is 28.3 Å². The molecule has 0 unspecified atom stereocenters. The van der Waals surface area contributed by atoms with E-state index in [1.807, 2.05) is 19.2 Å². The number of aromatic nitrogens is 3. The number of hydrogen-bond acceptors (Lipinski definition) is 4. The van der Waals surface area contributed by atoms with Gasteiger partial charge in [-0.3, -0.25) is 9.48 Å². The first kappa shape index (κ1) is 11.0. The molecular formula is C11H13N3OS. The first-order valence-electron chi connectivity index (χ1n) is 5.16. The standard InChI is InChI=1S/C11H13N3OS/c1-3-14-10(4-5-12-14)11(15)6-9-7-16-8(2)13-9/h4-5,7H,3,6H2,1-2H3. The molecule has 0 atom stereocenters. The Balaban J connectivity index is 2.14. The SMILES string of the molecule is CCn1nccc1C(=O)Cc1csc(C)n1. The molecule has 5 heteroatoms. The van der Waals surface area contributed by atoms with Crippen LogP contribution in [0.25, 0.3) is 0 Å². The van der Waals surface area contributed by atoms with Crippen molar-refractivity contribution >= 4 is 17.1 Å². The number of thiazole rings is 1. The first-order chi connectivity index (χ1) is 7.70. The number of carbonyl (C=O) groups is 1. The van der Waals surface area contributed by atoms with Crippen molar-refractivity contribution in [3.05, 3.63) is 34.0 Å². The van der Waals surface area contributed by atoms with Gasteiger partial charge >= 0.3 is 0 Å². The fraction of sp³-hybridized carbons (Fsp3) is 0.364. The lowest BCUT2D eigenvalue weighted by Gasteiger charge is -2.01. The van der Waals surface area contributed by atoms with Gasteiger partial charge in [0.05, 0.1) is 17.1 Å². The van der Waals surface area contributed by atoms with Crippen LogP contribution >= 0.6 is 11.3 Å². The summed E-state index contributed by atoms with van der Waals surface area (Å²) in [4.78, 5) is 16.3. The second kappa shape index (κ2) is 4.57. The summed E-state index contributed by atoms with van der Waals surface area (Å²) in [6.45, 7) is 4.62. The molecule has 4 nitrogen and oxygen atoms in total. The van der Waals surface area contributed by atoms with Gasteiger partial charge in [0, 0.05) is 18.1 Å². The quantitative estimate of drug-likeness (QED) is 0.762. The molecule has 84 valence electrons. The van der Waals surface area contributed by atoms with Crippen molar-refractivity contribution < 1.29 is 4.79 Å². The monoisotopic (exact) mass is 235 g/mol. The number of aryl methyl sites for hydroxylation is 2. The third-order valence-electron chi connectivity index (χ3n) is 2.31. The van der Waals surface area contributed by atoms with E-state index >= 15 is 0 Å². The van der Waals surface area contributed by atoms with Gasteiger partial charge in [-0.25, -0.2) is 4.98 Å². The smallest absolute Gasteiger partial charge is 0.186 e. The lowest BCUT2D eigenvalue weighted by atomic mass is 10.2. The second-order valence-electron chi connectivity index (χ2n) is 3.49. The Bertz CT molecular complexity index is 501. The molecule has 0 aliphatic heterocycles. The van der Waals surface area contributed by atoms with Crippen LogP contribution in [0, 0.1) is 6.92 Å². The predicted octanol–water partition coefficient (Wildman–Crippen LogP) is 2.09. The van der Waals surface area contributed by atoms with E-state index in [0.717, 1.165) is 10.7 Å². The van der Waals surface area contributed by atoms with Crippen molar-refractivity contribution in [2.24, 2.45) is 0 Å². The van der Waals surface area contributed by atoms with E-state index in [1.165, 1.54) is 0 Å². The van der Waals surface area contributed by atoms with E-state index in [0.29, 0.717) is 18.7 Å². The van der Waals surface area contributed by atoms with Crippen molar-refractivity contribution in [1.29, 1.82) is 0 Å². The topological polar surface area (TPSA) is 47.8 Å². The summed E-state index contributed by atoms with van der Waals surface area (Å²) in [6, 6.07) is 1.76. The summed E-state index contributed by atoms with van der Waals surface area (Å²) in [6.07, 6.45) is 2.01. The summed E-state index contributed by atoms with van der Waals surface area (Å²) in [5.41, 5.74) is 1.50. The highest BCUT2D eigenvalue weighted by molar-refractivity contribution is 7.09. The van der Waals surface area contributed by atoms with E-state index in [2.05, 4.69) is 10.1 Å². The summed E-state index contributed by atoms with van der Waals surface area (Å²) in [5, 5.41) is 7.00. The fourth-order valence-electron chi connectivity index (χ4n) is 1.57. The number of hydrogen-bond donors (Lipinski definition) is 0. The molecule has 0 aliphatic carbocycles. The molecule has 2 rings (SSSR count). The number of Topliss-reactive ketones (excluding diaryl/α,β-unsaturated/α-hetero) is 1. The lowest BCUT2D eigenvalue weighted by molar-refractivity contribution is 0.0982. The first-order valence-corrected chi connectivity index (χ1v) is 6.04. The van der Waals surface area contributed by atoms with Crippen LogP contribution in [-0.2, 0) is 13.0 Å². The minimum Gasteiger partial charge on any atom is -0.292 e. The Morgan fingerprint density at radius 3 is 3.00 bits per heavy atom. The van der Waals surface area contributed by atoms with Gasteiger partial charge in [-0.05, 0) is 19.9 Å². The second-order valence-corrected chi connectivity index (χ2v) is 4.55. The van der Waals surface area contributed by atoms with Gasteiger partial charge in [-0.2, -0.15) is 5.10 Å². The van der Waals surface area contributed by atoms with Crippen molar-refractivity contribution in [1.82, 2.24) is 14.8 Å². The third kappa shape index (κ3) is 2.19. The van der Waals surface area contributed by atoms with Crippen LogP contribution in [-0.4, -0.2) is 20.5 Å². The third-order valence-corrected chi connectivity index (χ3v) is 3.13. The zero-order valence-corrected chi connectivity index (χ0v) is 10.1. The van der Waals surface area contributed by atoms with E-state index in [9.17, 15) is 4.79 Å². The van der Waals surface area contributed by atoms with Crippen LogP contribution in [0.3, 0.4) is 0 Å². The molecule has 16 heavy (non-hydrogen) atoms.